The minimum absolute atomic E-state index is 0.190. The summed E-state index contributed by atoms with van der Waals surface area (Å²) >= 11 is 0. The second-order valence-electron chi connectivity index (χ2n) is 7.72. The van der Waals surface area contributed by atoms with E-state index in [4.69, 9.17) is 0 Å². The summed E-state index contributed by atoms with van der Waals surface area (Å²) in [5.41, 5.74) is 3.11. The van der Waals surface area contributed by atoms with Gasteiger partial charge in [0.15, 0.2) is 0 Å². The molecule has 154 valence electrons. The van der Waals surface area contributed by atoms with Gasteiger partial charge < -0.3 is 15.5 Å². The van der Waals surface area contributed by atoms with Crippen LogP contribution in [-0.2, 0) is 4.79 Å². The molecule has 2 aliphatic heterocycles. The molecule has 0 spiro atoms. The van der Waals surface area contributed by atoms with Crippen LogP contribution in [0, 0.1) is 0 Å². The van der Waals surface area contributed by atoms with Crippen molar-refractivity contribution in [3.63, 3.8) is 0 Å². The van der Waals surface area contributed by atoms with Crippen LogP contribution in [0.1, 0.15) is 11.7 Å². The van der Waals surface area contributed by atoms with E-state index in [1.165, 1.54) is 0 Å². The Balaban J connectivity index is 1.38. The molecule has 2 aromatic carbocycles. The number of aromatic nitrogens is 2. The molecule has 6 nitrogen and oxygen atoms in total. The third-order valence-electron chi connectivity index (χ3n) is 5.86. The van der Waals surface area contributed by atoms with Crippen molar-refractivity contribution in [1.82, 2.24) is 20.2 Å². The summed E-state index contributed by atoms with van der Waals surface area (Å²) in [6.45, 7) is 0. The zero-order chi connectivity index (χ0) is 21.5. The lowest BCUT2D eigenvalue weighted by atomic mass is 10.1. The molecule has 0 bridgehead atoms. The third-order valence-corrected chi connectivity index (χ3v) is 5.86. The number of pyridine rings is 2. The molecule has 6 rings (SSSR count). The zero-order valence-electron chi connectivity index (χ0n) is 17.1. The smallest absolute Gasteiger partial charge is 0.273 e. The summed E-state index contributed by atoms with van der Waals surface area (Å²) in [5.74, 6) is -0.190. The monoisotopic (exact) mass is 417 g/mol. The Morgan fingerprint density at radius 1 is 0.906 bits per heavy atom. The van der Waals surface area contributed by atoms with Gasteiger partial charge in [0, 0.05) is 58.4 Å². The van der Waals surface area contributed by atoms with Gasteiger partial charge in [0.1, 0.15) is 11.9 Å². The van der Waals surface area contributed by atoms with Crippen molar-refractivity contribution in [2.45, 2.75) is 6.17 Å². The van der Waals surface area contributed by atoms with Gasteiger partial charge in [-0.2, -0.15) is 0 Å². The highest BCUT2D eigenvalue weighted by molar-refractivity contribution is 6.09. The van der Waals surface area contributed by atoms with Gasteiger partial charge in [-0.1, -0.05) is 42.5 Å². The van der Waals surface area contributed by atoms with Gasteiger partial charge in [0.25, 0.3) is 5.91 Å². The number of hydrogen-bond acceptors (Lipinski definition) is 5. The summed E-state index contributed by atoms with van der Waals surface area (Å²) in [7, 11) is 0. The molecule has 0 saturated heterocycles. The summed E-state index contributed by atoms with van der Waals surface area (Å²) in [5, 5.41) is 10.6. The number of nitrogens with one attached hydrogen (secondary N) is 2. The molecule has 2 aliphatic rings. The number of anilines is 1. The lowest BCUT2D eigenvalue weighted by Gasteiger charge is -2.26. The number of rotatable bonds is 3. The Bertz CT molecular complexity index is 1460. The number of nitrogens with zero attached hydrogens (tertiary/aromatic N) is 3. The highest BCUT2D eigenvalue weighted by Gasteiger charge is 2.35. The summed E-state index contributed by atoms with van der Waals surface area (Å²) < 4.78 is 0. The van der Waals surface area contributed by atoms with Crippen LogP contribution < -0.4 is 10.6 Å². The Morgan fingerprint density at radius 3 is 2.72 bits per heavy atom. The zero-order valence-corrected chi connectivity index (χ0v) is 17.1. The Labute approximate surface area is 184 Å². The lowest BCUT2D eigenvalue weighted by Crippen LogP contribution is -2.28. The fourth-order valence-corrected chi connectivity index (χ4v) is 4.36. The first-order valence-corrected chi connectivity index (χ1v) is 10.4. The molecule has 0 saturated carbocycles. The van der Waals surface area contributed by atoms with Crippen LogP contribution in [0.15, 0.2) is 109 Å². The van der Waals surface area contributed by atoms with Gasteiger partial charge in [-0.25, -0.2) is 0 Å². The van der Waals surface area contributed by atoms with Gasteiger partial charge in [-0.05, 0) is 29.7 Å². The first kappa shape index (κ1) is 18.3. The van der Waals surface area contributed by atoms with Gasteiger partial charge >= 0.3 is 0 Å². The fourth-order valence-electron chi connectivity index (χ4n) is 4.36. The van der Waals surface area contributed by atoms with Crippen LogP contribution in [0.2, 0.25) is 0 Å². The standard InChI is InChI=1S/C26H19N5O/c32-26(29-22-9-5-7-18-14-27-12-11-20(18)22)24-23-10-3-4-13-31(23)25(30-24)21-16-28-15-17-6-1-2-8-19(17)21/h1-16,25,30H,(H,29,32). The summed E-state index contributed by atoms with van der Waals surface area (Å²) in [6.07, 6.45) is 14.9. The lowest BCUT2D eigenvalue weighted by molar-refractivity contribution is -0.113. The Kier molecular flexibility index (Phi) is 4.21. The Morgan fingerprint density at radius 2 is 1.75 bits per heavy atom. The van der Waals surface area contributed by atoms with E-state index in [0.717, 1.165) is 38.5 Å². The van der Waals surface area contributed by atoms with Crippen molar-refractivity contribution in [2.24, 2.45) is 0 Å². The second kappa shape index (κ2) is 7.35. The number of carbonyl (C=O) groups is 1. The van der Waals surface area contributed by atoms with Gasteiger partial charge in [-0.15, -0.1) is 0 Å². The summed E-state index contributed by atoms with van der Waals surface area (Å²) in [6, 6.07) is 15.9. The molecule has 6 heteroatoms. The van der Waals surface area contributed by atoms with E-state index >= 15 is 0 Å². The highest BCUT2D eigenvalue weighted by Crippen LogP contribution is 2.36. The largest absolute Gasteiger partial charge is 0.355 e. The minimum Gasteiger partial charge on any atom is -0.355 e. The molecule has 0 radical (unpaired) electrons. The molecule has 1 amide bonds. The maximum absolute atomic E-state index is 13.4. The SMILES string of the molecule is O=C(Nc1cccc2cnccc12)C1=C2C=CC=CN2C(c2cncc3ccccc23)N1. The molecule has 1 atom stereocenters. The van der Waals surface area contributed by atoms with Gasteiger partial charge in [-0.3, -0.25) is 14.8 Å². The molecule has 1 unspecified atom stereocenters. The normalized spacial score (nSPS) is 17.0. The number of benzene rings is 2. The molecule has 0 aliphatic carbocycles. The van der Waals surface area contributed by atoms with Crippen LogP contribution in [0.3, 0.4) is 0 Å². The first-order valence-electron chi connectivity index (χ1n) is 10.4. The number of fused-ring (bicyclic) bond motifs is 3. The van der Waals surface area contributed by atoms with E-state index in [0.29, 0.717) is 5.70 Å². The van der Waals surface area contributed by atoms with E-state index in [1.807, 2.05) is 79.3 Å². The molecule has 2 aromatic heterocycles. The van der Waals surface area contributed by atoms with Crippen LogP contribution in [0.5, 0.6) is 0 Å². The quantitative estimate of drug-likeness (QED) is 0.509. The predicted octanol–water partition coefficient (Wildman–Crippen LogP) is 4.62. The van der Waals surface area contributed by atoms with E-state index in [9.17, 15) is 4.79 Å². The molecular formula is C26H19N5O. The number of hydrogen-bond donors (Lipinski definition) is 2. The second-order valence-corrected chi connectivity index (χ2v) is 7.72. The maximum atomic E-state index is 13.4. The summed E-state index contributed by atoms with van der Waals surface area (Å²) in [4.78, 5) is 24.1. The van der Waals surface area contributed by atoms with E-state index in [-0.39, 0.29) is 12.1 Å². The molecule has 4 heterocycles. The fraction of sp³-hybridized carbons (Fsp3) is 0.0385. The van der Waals surface area contributed by atoms with Crippen molar-refractivity contribution >= 4 is 33.1 Å². The number of allylic oxidation sites excluding steroid dienone is 3. The van der Waals surface area contributed by atoms with Gasteiger partial charge in [0.05, 0.1) is 5.70 Å². The molecule has 32 heavy (non-hydrogen) atoms. The minimum atomic E-state index is -0.234. The Hall–Kier alpha value is -4.45. The van der Waals surface area contributed by atoms with Crippen molar-refractivity contribution in [2.75, 3.05) is 5.32 Å². The third kappa shape index (κ3) is 2.93. The van der Waals surface area contributed by atoms with Crippen molar-refractivity contribution < 1.29 is 4.79 Å². The van der Waals surface area contributed by atoms with Crippen molar-refractivity contribution in [3.8, 4) is 0 Å². The molecule has 4 aromatic rings. The molecule has 2 N–H and O–H groups in total. The molecule has 0 fully saturated rings. The van der Waals surface area contributed by atoms with Crippen LogP contribution >= 0.6 is 0 Å². The average molecular weight is 417 g/mol. The van der Waals surface area contributed by atoms with Gasteiger partial charge in [0.2, 0.25) is 0 Å². The van der Waals surface area contributed by atoms with Crippen molar-refractivity contribution in [1.29, 1.82) is 0 Å². The first-order chi connectivity index (χ1) is 15.8. The van der Waals surface area contributed by atoms with Crippen LogP contribution in [-0.4, -0.2) is 20.8 Å². The van der Waals surface area contributed by atoms with Crippen molar-refractivity contribution in [3.05, 3.63) is 115 Å². The van der Waals surface area contributed by atoms with Crippen LogP contribution in [0.25, 0.3) is 21.5 Å². The average Bonchev–Trinajstić information content (AvgIpc) is 3.24. The topological polar surface area (TPSA) is 70.2 Å². The number of carbonyl (C=O) groups excluding carboxylic acids is 1. The van der Waals surface area contributed by atoms with E-state index < -0.39 is 0 Å². The predicted molar refractivity (Wildman–Crippen MR) is 125 cm³/mol. The van der Waals surface area contributed by atoms with Crippen LogP contribution in [0.4, 0.5) is 5.69 Å². The molecular weight excluding hydrogens is 398 g/mol. The van der Waals surface area contributed by atoms with E-state index in [1.54, 1.807) is 12.4 Å². The van der Waals surface area contributed by atoms with E-state index in [2.05, 4.69) is 31.6 Å². The maximum Gasteiger partial charge on any atom is 0.273 e. The highest BCUT2D eigenvalue weighted by atomic mass is 16.2. The number of amides is 1.